The smallest absolute Gasteiger partial charge is 0.116 e. The van der Waals surface area contributed by atoms with Gasteiger partial charge in [0, 0.05) is 15.9 Å². The molecule has 1 rings (SSSR count). The summed E-state index contributed by atoms with van der Waals surface area (Å²) in [5, 5.41) is 12.6. The Morgan fingerprint density at radius 1 is 1.57 bits per heavy atom. The first-order valence-electron chi connectivity index (χ1n) is 3.90. The molecule has 0 amide bonds. The van der Waals surface area contributed by atoms with Gasteiger partial charge in [-0.1, -0.05) is 33.2 Å². The zero-order valence-electron chi connectivity index (χ0n) is 7.26. The maximum absolute atomic E-state index is 9.20. The van der Waals surface area contributed by atoms with E-state index in [1.165, 1.54) is 0 Å². The predicted molar refractivity (Wildman–Crippen MR) is 58.9 cm³/mol. The minimum Gasteiger partial charge on any atom is -0.508 e. The highest BCUT2D eigenvalue weighted by molar-refractivity contribution is 9.10. The average molecular weight is 254 g/mol. The number of phenols is 1. The Hall–Kier alpha value is -1.45. The topological polar surface area (TPSA) is 69.0 Å². The SMILES string of the molecule is [N-]=[N+]=NCC=Cc1cc(O)ccc1Br. The van der Waals surface area contributed by atoms with E-state index in [9.17, 15) is 5.11 Å². The fraction of sp³-hybridized carbons (Fsp3) is 0.111. The number of nitrogens with zero attached hydrogens (tertiary/aromatic N) is 3. The second-order valence-corrected chi connectivity index (χ2v) is 3.38. The lowest BCUT2D eigenvalue weighted by atomic mass is 10.2. The van der Waals surface area contributed by atoms with Crippen molar-refractivity contribution in [3.05, 3.63) is 44.8 Å². The molecule has 1 aromatic rings. The molecule has 0 aliphatic rings. The molecule has 4 nitrogen and oxygen atoms in total. The molecule has 0 bridgehead atoms. The van der Waals surface area contributed by atoms with Crippen LogP contribution in [0.25, 0.3) is 16.5 Å². The number of phenolic OH excluding ortho intramolecular Hbond substituents is 1. The molecule has 0 fully saturated rings. The average Bonchev–Trinajstić information content (AvgIpc) is 2.18. The van der Waals surface area contributed by atoms with E-state index >= 15 is 0 Å². The molecule has 0 unspecified atom stereocenters. The number of rotatable bonds is 3. The van der Waals surface area contributed by atoms with Gasteiger partial charge < -0.3 is 5.11 Å². The third kappa shape index (κ3) is 3.12. The van der Waals surface area contributed by atoms with Gasteiger partial charge in [-0.15, -0.1) is 0 Å². The number of benzene rings is 1. The van der Waals surface area contributed by atoms with E-state index in [2.05, 4.69) is 26.0 Å². The highest BCUT2D eigenvalue weighted by Crippen LogP contribution is 2.22. The Kier molecular flexibility index (Phi) is 4.04. The van der Waals surface area contributed by atoms with Crippen LogP contribution in [0.5, 0.6) is 5.75 Å². The van der Waals surface area contributed by atoms with Crippen LogP contribution in [0.1, 0.15) is 5.56 Å². The van der Waals surface area contributed by atoms with Crippen molar-refractivity contribution in [3.63, 3.8) is 0 Å². The van der Waals surface area contributed by atoms with E-state index in [-0.39, 0.29) is 5.75 Å². The van der Waals surface area contributed by atoms with Crippen LogP contribution in [0, 0.1) is 0 Å². The van der Waals surface area contributed by atoms with Crippen molar-refractivity contribution in [2.45, 2.75) is 0 Å². The fourth-order valence-corrected chi connectivity index (χ4v) is 1.30. The molecule has 0 aliphatic carbocycles. The summed E-state index contributed by atoms with van der Waals surface area (Å²) in [4.78, 5) is 2.62. The van der Waals surface area contributed by atoms with Crippen LogP contribution < -0.4 is 0 Å². The molecule has 0 saturated carbocycles. The number of halogens is 1. The van der Waals surface area contributed by atoms with Crippen molar-refractivity contribution in [2.75, 3.05) is 6.54 Å². The summed E-state index contributed by atoms with van der Waals surface area (Å²) in [6.07, 6.45) is 3.50. The Morgan fingerprint density at radius 2 is 2.36 bits per heavy atom. The quantitative estimate of drug-likeness (QED) is 0.500. The third-order valence-corrected chi connectivity index (χ3v) is 2.25. The standard InChI is InChI=1S/C9H8BrN3O/c10-9-4-3-8(14)6-7(9)2-1-5-12-13-11/h1-4,6,14H,5H2. The van der Waals surface area contributed by atoms with Crippen LogP contribution in [-0.2, 0) is 0 Å². The molecule has 0 radical (unpaired) electrons. The van der Waals surface area contributed by atoms with Gasteiger partial charge in [0.2, 0.25) is 0 Å². The fourth-order valence-electron chi connectivity index (χ4n) is 0.922. The summed E-state index contributed by atoms with van der Waals surface area (Å²) >= 11 is 3.33. The molecule has 0 aromatic heterocycles. The molecule has 5 heteroatoms. The molecule has 0 heterocycles. The molecule has 0 aliphatic heterocycles. The summed E-state index contributed by atoms with van der Waals surface area (Å²) in [5.41, 5.74) is 8.88. The van der Waals surface area contributed by atoms with Gasteiger partial charge in [-0.2, -0.15) is 0 Å². The third-order valence-electron chi connectivity index (χ3n) is 1.53. The Labute approximate surface area is 89.6 Å². The molecule has 72 valence electrons. The van der Waals surface area contributed by atoms with Gasteiger partial charge in [-0.05, 0) is 29.3 Å². The van der Waals surface area contributed by atoms with E-state index in [1.807, 2.05) is 0 Å². The number of azide groups is 1. The van der Waals surface area contributed by atoms with Gasteiger partial charge in [0.25, 0.3) is 0 Å². The van der Waals surface area contributed by atoms with Crippen molar-refractivity contribution >= 4 is 22.0 Å². The zero-order chi connectivity index (χ0) is 10.4. The number of hydrogen-bond acceptors (Lipinski definition) is 2. The highest BCUT2D eigenvalue weighted by atomic mass is 79.9. The minimum atomic E-state index is 0.205. The number of aromatic hydroxyl groups is 1. The molecule has 0 atom stereocenters. The highest BCUT2D eigenvalue weighted by Gasteiger charge is 1.96. The summed E-state index contributed by atoms with van der Waals surface area (Å²) in [6, 6.07) is 4.97. The van der Waals surface area contributed by atoms with E-state index in [0.29, 0.717) is 6.54 Å². The molecule has 1 N–H and O–H groups in total. The van der Waals surface area contributed by atoms with Crippen molar-refractivity contribution < 1.29 is 5.11 Å². The van der Waals surface area contributed by atoms with Crippen LogP contribution in [0.3, 0.4) is 0 Å². The molecular formula is C9H8BrN3O. The molecule has 1 aromatic carbocycles. The van der Waals surface area contributed by atoms with Gasteiger partial charge in [0.15, 0.2) is 0 Å². The summed E-state index contributed by atoms with van der Waals surface area (Å²) < 4.78 is 0.882. The van der Waals surface area contributed by atoms with Gasteiger partial charge in [-0.3, -0.25) is 0 Å². The Balaban J connectivity index is 2.79. The molecule has 0 spiro atoms. The maximum Gasteiger partial charge on any atom is 0.116 e. The lowest BCUT2D eigenvalue weighted by molar-refractivity contribution is 0.475. The molecular weight excluding hydrogens is 246 g/mol. The molecule has 0 saturated heterocycles. The van der Waals surface area contributed by atoms with Crippen LogP contribution in [0.2, 0.25) is 0 Å². The van der Waals surface area contributed by atoms with Crippen LogP contribution in [0.4, 0.5) is 0 Å². The first-order chi connectivity index (χ1) is 6.74. The summed E-state index contributed by atoms with van der Waals surface area (Å²) in [5.74, 6) is 0.205. The van der Waals surface area contributed by atoms with Gasteiger partial charge in [0.1, 0.15) is 5.75 Å². The largest absolute Gasteiger partial charge is 0.508 e. The summed E-state index contributed by atoms with van der Waals surface area (Å²) in [6.45, 7) is 0.304. The van der Waals surface area contributed by atoms with Crippen LogP contribution >= 0.6 is 15.9 Å². The van der Waals surface area contributed by atoms with Crippen molar-refractivity contribution in [1.82, 2.24) is 0 Å². The zero-order valence-corrected chi connectivity index (χ0v) is 8.85. The van der Waals surface area contributed by atoms with Crippen molar-refractivity contribution in [3.8, 4) is 5.75 Å². The Bertz CT molecular complexity index is 397. The molecule has 14 heavy (non-hydrogen) atoms. The van der Waals surface area contributed by atoms with E-state index < -0.39 is 0 Å². The Morgan fingerprint density at radius 3 is 3.07 bits per heavy atom. The predicted octanol–water partition coefficient (Wildman–Crippen LogP) is 3.48. The minimum absolute atomic E-state index is 0.205. The first-order valence-corrected chi connectivity index (χ1v) is 4.69. The number of hydrogen-bond donors (Lipinski definition) is 1. The van der Waals surface area contributed by atoms with Crippen molar-refractivity contribution in [1.29, 1.82) is 0 Å². The van der Waals surface area contributed by atoms with E-state index in [1.54, 1.807) is 30.4 Å². The second-order valence-electron chi connectivity index (χ2n) is 2.52. The normalized spacial score (nSPS) is 10.1. The summed E-state index contributed by atoms with van der Waals surface area (Å²) in [7, 11) is 0. The monoisotopic (exact) mass is 253 g/mol. The van der Waals surface area contributed by atoms with E-state index in [4.69, 9.17) is 5.53 Å². The second kappa shape index (κ2) is 5.32. The van der Waals surface area contributed by atoms with E-state index in [0.717, 1.165) is 10.0 Å². The van der Waals surface area contributed by atoms with Crippen LogP contribution in [-0.4, -0.2) is 11.7 Å². The van der Waals surface area contributed by atoms with Gasteiger partial charge in [-0.25, -0.2) is 0 Å². The van der Waals surface area contributed by atoms with Crippen LogP contribution in [0.15, 0.2) is 33.9 Å². The first kappa shape index (κ1) is 10.6. The van der Waals surface area contributed by atoms with Gasteiger partial charge >= 0.3 is 0 Å². The lowest BCUT2D eigenvalue weighted by Gasteiger charge is -1.98. The van der Waals surface area contributed by atoms with Crippen molar-refractivity contribution in [2.24, 2.45) is 5.11 Å². The van der Waals surface area contributed by atoms with Gasteiger partial charge in [0.05, 0.1) is 0 Å². The maximum atomic E-state index is 9.20. The lowest BCUT2D eigenvalue weighted by Crippen LogP contribution is -1.76.